The van der Waals surface area contributed by atoms with E-state index in [1.165, 1.54) is 0 Å². The van der Waals surface area contributed by atoms with Crippen molar-refractivity contribution < 1.29 is 33.7 Å². The maximum Gasteiger partial charge on any atom is 0.339 e. The summed E-state index contributed by atoms with van der Waals surface area (Å²) in [5.74, 6) is 2.62. The second-order valence-electron chi connectivity index (χ2n) is 3.01. The molecule has 0 amide bonds. The average molecular weight is 309 g/mol. The first-order valence-electron chi connectivity index (χ1n) is 4.44. The van der Waals surface area contributed by atoms with Gasteiger partial charge in [-0.3, -0.25) is 11.2 Å². The van der Waals surface area contributed by atoms with Gasteiger partial charge in [0.05, 0.1) is 4.90 Å². The summed E-state index contributed by atoms with van der Waals surface area (Å²) in [6.45, 7) is 0. The quantitative estimate of drug-likeness (QED) is 0.178. The molecule has 0 fully saturated rings. The molecule has 1 rings (SSSR count). The van der Waals surface area contributed by atoms with E-state index in [0.717, 1.165) is 12.1 Å². The molecule has 0 aliphatic carbocycles. The van der Waals surface area contributed by atoms with Gasteiger partial charge in [0.1, 0.15) is 21.4 Å². The molecule has 0 radical (unpaired) electrons. The zero-order valence-electron chi connectivity index (χ0n) is 9.36. The first kappa shape index (κ1) is 17.2. The van der Waals surface area contributed by atoms with E-state index in [1.54, 1.807) is 0 Å². The molecule has 11 heteroatoms. The Bertz CT molecular complexity index is 586. The molecule has 0 atom stereocenters. The molecule has 19 heavy (non-hydrogen) atoms. The Morgan fingerprint density at radius 1 is 1.47 bits per heavy atom. The Kier molecular flexibility index (Phi) is 6.31. The lowest BCUT2D eigenvalue weighted by Crippen LogP contribution is -2.64. The van der Waals surface area contributed by atoms with Crippen LogP contribution >= 0.6 is 12.2 Å². The Morgan fingerprint density at radius 2 is 1.95 bits per heavy atom. The first-order valence-corrected chi connectivity index (χ1v) is 6.26. The van der Waals surface area contributed by atoms with E-state index in [4.69, 9.17) is 16.1 Å². The van der Waals surface area contributed by atoms with E-state index in [1.807, 2.05) is 0 Å². The summed E-state index contributed by atoms with van der Waals surface area (Å²) >= 11 is 4.35. The number of quaternary nitrogens is 1. The van der Waals surface area contributed by atoms with Crippen molar-refractivity contribution in [2.45, 2.75) is 4.90 Å². The van der Waals surface area contributed by atoms with Crippen LogP contribution in [0.3, 0.4) is 0 Å². The maximum atomic E-state index is 10.5. The summed E-state index contributed by atoms with van der Waals surface area (Å²) in [7, 11) is -4.70. The molecule has 0 unspecified atom stereocenters. The fourth-order valence-corrected chi connectivity index (χ4v) is 1.34. The van der Waals surface area contributed by atoms with Crippen molar-refractivity contribution in [1.29, 1.82) is 0 Å². The van der Waals surface area contributed by atoms with Gasteiger partial charge < -0.3 is 14.8 Å². The van der Waals surface area contributed by atoms with E-state index in [-0.39, 0.29) is 0 Å². The third-order valence-electron chi connectivity index (χ3n) is 1.65. The van der Waals surface area contributed by atoms with Crippen LogP contribution in [-0.2, 0) is 10.1 Å². The van der Waals surface area contributed by atoms with E-state index in [0.29, 0.717) is 11.2 Å². The van der Waals surface area contributed by atoms with Crippen LogP contribution in [0.25, 0.3) is 0 Å². The van der Waals surface area contributed by atoms with Gasteiger partial charge in [-0.25, -0.2) is 19.1 Å². The smallest absolute Gasteiger partial charge is 0.339 e. The molecule has 106 valence electrons. The van der Waals surface area contributed by atoms with Gasteiger partial charge in [0.2, 0.25) is 0 Å². The number of benzene rings is 1. The lowest BCUT2D eigenvalue weighted by atomic mass is 10.2. The van der Waals surface area contributed by atoms with Gasteiger partial charge in [0, 0.05) is 12.2 Å². The van der Waals surface area contributed by atoms with Gasteiger partial charge >= 0.3 is 5.97 Å². The van der Waals surface area contributed by atoms with E-state index < -0.39 is 32.3 Å². The fourth-order valence-electron chi connectivity index (χ4n) is 0.842. The molecule has 9 nitrogen and oxygen atoms in total. The normalized spacial score (nSPS) is 10.1. The van der Waals surface area contributed by atoms with Crippen LogP contribution in [0.5, 0.6) is 5.75 Å². The molecular formula is C8H11N3O6S2. The molecule has 0 spiro atoms. The number of aromatic hydroxyl groups is 1. The van der Waals surface area contributed by atoms with Gasteiger partial charge in [-0.2, -0.15) is 0 Å². The first-order chi connectivity index (χ1) is 8.59. The van der Waals surface area contributed by atoms with Crippen LogP contribution in [-0.4, -0.2) is 34.3 Å². The van der Waals surface area contributed by atoms with Crippen LogP contribution in [0.15, 0.2) is 23.1 Å². The molecule has 0 aliphatic rings. The second-order valence-corrected chi connectivity index (χ2v) is 4.88. The highest BCUT2D eigenvalue weighted by atomic mass is 32.2. The second kappa shape index (κ2) is 6.96. The minimum Gasteiger partial charge on any atom is -0.744 e. The third kappa shape index (κ3) is 6.08. The number of hydrogen-bond acceptors (Lipinski definition) is 7. The Morgan fingerprint density at radius 3 is 2.26 bits per heavy atom. The number of thiocarbonyl (C=S) groups is 1. The summed E-state index contributed by atoms with van der Waals surface area (Å²) in [5, 5.41) is 17.9. The van der Waals surface area contributed by atoms with Crippen molar-refractivity contribution in [1.82, 2.24) is 5.43 Å². The van der Waals surface area contributed by atoms with Crippen molar-refractivity contribution in [2.24, 2.45) is 5.84 Å². The van der Waals surface area contributed by atoms with Gasteiger partial charge in [0.15, 0.2) is 0 Å². The zero-order chi connectivity index (χ0) is 15.2. The molecule has 0 aliphatic heterocycles. The maximum absolute atomic E-state index is 10.5. The molecule has 0 heterocycles. The number of carboxylic acids is 1. The number of aromatic carboxylic acids is 1. The van der Waals surface area contributed by atoms with Crippen molar-refractivity contribution in [3.63, 3.8) is 0 Å². The topological polar surface area (TPSA) is 180 Å². The third-order valence-corrected chi connectivity index (χ3v) is 2.60. The van der Waals surface area contributed by atoms with Crippen LogP contribution in [0, 0.1) is 0 Å². The number of nitrogens with one attached hydrogen (secondary N) is 1. The average Bonchev–Trinajstić information content (AvgIpc) is 2.28. The van der Waals surface area contributed by atoms with Crippen molar-refractivity contribution in [2.75, 3.05) is 0 Å². The molecule has 0 saturated heterocycles. The number of phenols is 1. The van der Waals surface area contributed by atoms with Crippen LogP contribution in [0.1, 0.15) is 10.4 Å². The highest BCUT2D eigenvalue weighted by molar-refractivity contribution is 7.85. The van der Waals surface area contributed by atoms with Crippen molar-refractivity contribution in [3.8, 4) is 5.75 Å². The Hall–Kier alpha value is -1.79. The lowest BCUT2D eigenvalue weighted by molar-refractivity contribution is -0.215. The highest BCUT2D eigenvalue weighted by Crippen LogP contribution is 2.20. The number of carboxylic acid groups (broad SMARTS) is 1. The number of rotatable bonds is 2. The largest absolute Gasteiger partial charge is 0.744 e. The number of nitrogens with two attached hydrogens (primary N) is 1. The van der Waals surface area contributed by atoms with Crippen molar-refractivity contribution >= 4 is 33.4 Å². The lowest BCUT2D eigenvalue weighted by Gasteiger charge is -2.08. The summed E-state index contributed by atoms with van der Waals surface area (Å²) in [4.78, 5) is 9.76. The van der Waals surface area contributed by atoms with Crippen molar-refractivity contribution in [3.05, 3.63) is 23.8 Å². The number of carbonyl (C=O) groups is 1. The van der Waals surface area contributed by atoms with Gasteiger partial charge in [-0.05, 0) is 18.2 Å². The fraction of sp³-hybridized carbons (Fsp3) is 0. The summed E-state index contributed by atoms with van der Waals surface area (Å²) < 4.78 is 31.5. The SMILES string of the molecule is NNC([NH3+])=S.O=C(O)c1cc(S(=O)(=O)[O-])ccc1O. The standard InChI is InChI=1S/C7H6O6S.CH5N3S/c8-6-2-1-4(14(11,12)13)3-5(6)7(9)10;2-1(5)4-3/h1-3,8H,(H,9,10)(H,11,12,13);3H2,(H3,2,4,5). The van der Waals surface area contributed by atoms with E-state index >= 15 is 0 Å². The highest BCUT2D eigenvalue weighted by Gasteiger charge is 2.12. The van der Waals surface area contributed by atoms with Gasteiger partial charge in [0.25, 0.3) is 5.11 Å². The Balaban J connectivity index is 0.000000555. The molecule has 1 aromatic rings. The minimum absolute atomic E-state index is 0.366. The summed E-state index contributed by atoms with van der Waals surface area (Å²) in [6, 6.07) is 2.29. The number of hydrogen-bond donors (Lipinski definition) is 5. The molecular weight excluding hydrogens is 298 g/mol. The van der Waals surface area contributed by atoms with Gasteiger partial charge in [-0.15, -0.1) is 0 Å². The van der Waals surface area contributed by atoms with Crippen LogP contribution in [0.2, 0.25) is 0 Å². The van der Waals surface area contributed by atoms with Crippen LogP contribution in [0.4, 0.5) is 0 Å². The van der Waals surface area contributed by atoms with E-state index in [2.05, 4.69) is 23.4 Å². The zero-order valence-corrected chi connectivity index (χ0v) is 11.0. The van der Waals surface area contributed by atoms with Crippen LogP contribution < -0.4 is 17.0 Å². The predicted molar refractivity (Wildman–Crippen MR) is 65.8 cm³/mol. The summed E-state index contributed by atoms with van der Waals surface area (Å²) in [6.07, 6.45) is 0. The molecule has 0 aromatic heterocycles. The molecule has 0 saturated carbocycles. The minimum atomic E-state index is -4.70. The van der Waals surface area contributed by atoms with Gasteiger partial charge in [-0.1, -0.05) is 0 Å². The van der Waals surface area contributed by atoms with E-state index in [9.17, 15) is 17.8 Å². The summed E-state index contributed by atoms with van der Waals surface area (Å²) in [5.41, 5.74) is 4.78. The molecule has 0 bridgehead atoms. The Labute approximate surface area is 113 Å². The molecule has 1 aromatic carbocycles. The molecule has 8 N–H and O–H groups in total. The predicted octanol–water partition coefficient (Wildman–Crippen LogP) is -2.03. The monoisotopic (exact) mass is 309 g/mol. The number of hydrazine groups is 1.